The Labute approximate surface area is 123 Å². The molecule has 5 nitrogen and oxygen atoms in total. The summed E-state index contributed by atoms with van der Waals surface area (Å²) in [6.45, 7) is 0.677. The molecule has 1 aliphatic heterocycles. The molecule has 0 amide bonds. The number of carboxylic acid groups (broad SMARTS) is 1. The standard InChI is InChI=1S/C16H19NO4/c1-20-13-6-5-11(9-12(13)15(18)19)14-17-10-16(21-14)7-3-2-4-8-16/h5-6,9H,2-4,7-8,10H2,1H3,(H,18,19). The summed E-state index contributed by atoms with van der Waals surface area (Å²) in [4.78, 5) is 15.8. The van der Waals surface area contributed by atoms with E-state index >= 15 is 0 Å². The van der Waals surface area contributed by atoms with E-state index in [1.165, 1.54) is 26.4 Å². The molecule has 112 valence electrons. The summed E-state index contributed by atoms with van der Waals surface area (Å²) in [7, 11) is 1.46. The number of nitrogens with zero attached hydrogens (tertiary/aromatic N) is 1. The number of carboxylic acids is 1. The number of ether oxygens (including phenoxy) is 2. The predicted molar refractivity (Wildman–Crippen MR) is 78.3 cm³/mol. The van der Waals surface area contributed by atoms with Gasteiger partial charge in [-0.1, -0.05) is 6.42 Å². The van der Waals surface area contributed by atoms with Gasteiger partial charge in [0.2, 0.25) is 5.90 Å². The first-order valence-corrected chi connectivity index (χ1v) is 7.29. The number of aliphatic imine (C=N–C) groups is 1. The molecule has 1 saturated carbocycles. The van der Waals surface area contributed by atoms with Crippen LogP contribution >= 0.6 is 0 Å². The van der Waals surface area contributed by atoms with Crippen LogP contribution in [0.4, 0.5) is 0 Å². The molecule has 0 radical (unpaired) electrons. The van der Waals surface area contributed by atoms with Crippen LogP contribution in [0.3, 0.4) is 0 Å². The Bertz CT molecular complexity index is 588. The van der Waals surface area contributed by atoms with Crippen LogP contribution in [0.5, 0.6) is 5.75 Å². The van der Waals surface area contributed by atoms with Crippen molar-refractivity contribution in [1.82, 2.24) is 0 Å². The zero-order valence-electron chi connectivity index (χ0n) is 12.1. The van der Waals surface area contributed by atoms with Crippen molar-refractivity contribution in [2.75, 3.05) is 13.7 Å². The molecule has 1 aromatic carbocycles. The Morgan fingerprint density at radius 3 is 2.76 bits per heavy atom. The summed E-state index contributed by atoms with van der Waals surface area (Å²) in [6.07, 6.45) is 5.66. The average molecular weight is 289 g/mol. The third-order valence-corrected chi connectivity index (χ3v) is 4.27. The largest absolute Gasteiger partial charge is 0.496 e. The first-order chi connectivity index (χ1) is 10.1. The van der Waals surface area contributed by atoms with Crippen molar-refractivity contribution in [2.45, 2.75) is 37.7 Å². The van der Waals surface area contributed by atoms with Gasteiger partial charge in [-0.05, 0) is 43.9 Å². The summed E-state index contributed by atoms with van der Waals surface area (Å²) >= 11 is 0. The van der Waals surface area contributed by atoms with Gasteiger partial charge in [0.25, 0.3) is 0 Å². The van der Waals surface area contributed by atoms with E-state index in [1.807, 2.05) is 0 Å². The minimum absolute atomic E-state index is 0.130. The number of carbonyl (C=O) groups is 1. The molecular weight excluding hydrogens is 270 g/mol. The highest BCUT2D eigenvalue weighted by Gasteiger charge is 2.39. The van der Waals surface area contributed by atoms with Crippen molar-refractivity contribution in [3.63, 3.8) is 0 Å². The number of aromatic carboxylic acids is 1. The molecule has 21 heavy (non-hydrogen) atoms. The fraction of sp³-hybridized carbons (Fsp3) is 0.500. The quantitative estimate of drug-likeness (QED) is 0.929. The van der Waals surface area contributed by atoms with E-state index in [2.05, 4.69) is 4.99 Å². The predicted octanol–water partition coefficient (Wildman–Crippen LogP) is 2.87. The van der Waals surface area contributed by atoms with Crippen molar-refractivity contribution in [3.8, 4) is 5.75 Å². The van der Waals surface area contributed by atoms with Crippen LogP contribution in [0.25, 0.3) is 0 Å². The Morgan fingerprint density at radius 1 is 1.33 bits per heavy atom. The van der Waals surface area contributed by atoms with Crippen molar-refractivity contribution in [3.05, 3.63) is 29.3 Å². The highest BCUT2D eigenvalue weighted by atomic mass is 16.5. The van der Waals surface area contributed by atoms with Gasteiger partial charge in [-0.2, -0.15) is 0 Å². The number of hydrogen-bond donors (Lipinski definition) is 1. The second kappa shape index (κ2) is 5.39. The van der Waals surface area contributed by atoms with Crippen molar-refractivity contribution < 1.29 is 19.4 Å². The van der Waals surface area contributed by atoms with Gasteiger partial charge in [0.1, 0.15) is 16.9 Å². The highest BCUT2D eigenvalue weighted by Crippen LogP contribution is 2.36. The average Bonchev–Trinajstić information content (AvgIpc) is 2.91. The van der Waals surface area contributed by atoms with Gasteiger partial charge in [-0.3, -0.25) is 0 Å². The summed E-state index contributed by atoms with van der Waals surface area (Å²) in [5.41, 5.74) is 0.679. The first kappa shape index (κ1) is 13.9. The van der Waals surface area contributed by atoms with Gasteiger partial charge >= 0.3 is 5.97 Å². The van der Waals surface area contributed by atoms with Gasteiger partial charge < -0.3 is 14.6 Å². The smallest absolute Gasteiger partial charge is 0.339 e. The fourth-order valence-electron chi connectivity index (χ4n) is 3.10. The second-order valence-corrected chi connectivity index (χ2v) is 5.69. The van der Waals surface area contributed by atoms with E-state index in [0.29, 0.717) is 23.8 Å². The molecule has 0 unspecified atom stereocenters. The van der Waals surface area contributed by atoms with Crippen molar-refractivity contribution in [1.29, 1.82) is 0 Å². The number of benzene rings is 1. The molecule has 0 atom stereocenters. The van der Waals surface area contributed by atoms with Crippen molar-refractivity contribution >= 4 is 11.9 Å². The van der Waals surface area contributed by atoms with Crippen molar-refractivity contribution in [2.24, 2.45) is 4.99 Å². The zero-order valence-corrected chi connectivity index (χ0v) is 12.1. The van der Waals surface area contributed by atoms with Gasteiger partial charge in [0, 0.05) is 5.56 Å². The molecular formula is C16H19NO4. The summed E-state index contributed by atoms with van der Waals surface area (Å²) in [5.74, 6) is -0.112. The minimum atomic E-state index is -1.01. The molecule has 5 heteroatoms. The highest BCUT2D eigenvalue weighted by molar-refractivity contribution is 5.99. The lowest BCUT2D eigenvalue weighted by Gasteiger charge is -2.32. The van der Waals surface area contributed by atoms with E-state index in [0.717, 1.165) is 12.8 Å². The van der Waals surface area contributed by atoms with Gasteiger partial charge in [-0.25, -0.2) is 9.79 Å². The van der Waals surface area contributed by atoms with Gasteiger partial charge in [0.05, 0.1) is 13.7 Å². The first-order valence-electron chi connectivity index (χ1n) is 7.29. The number of hydrogen-bond acceptors (Lipinski definition) is 4. The normalized spacial score (nSPS) is 20.0. The topological polar surface area (TPSA) is 68.1 Å². The molecule has 1 fully saturated rings. The lowest BCUT2D eigenvalue weighted by atomic mass is 9.85. The maximum absolute atomic E-state index is 11.3. The second-order valence-electron chi connectivity index (χ2n) is 5.69. The molecule has 1 heterocycles. The summed E-state index contributed by atoms with van der Waals surface area (Å²) in [6, 6.07) is 5.02. The van der Waals surface area contributed by atoms with E-state index in [9.17, 15) is 9.90 Å². The molecule has 0 bridgehead atoms. The van der Waals surface area contributed by atoms with Crippen LogP contribution in [0.1, 0.15) is 48.0 Å². The lowest BCUT2D eigenvalue weighted by Crippen LogP contribution is -2.35. The lowest BCUT2D eigenvalue weighted by molar-refractivity contribution is 0.0474. The van der Waals surface area contributed by atoms with Crippen LogP contribution < -0.4 is 4.74 Å². The fourth-order valence-corrected chi connectivity index (χ4v) is 3.10. The SMILES string of the molecule is COc1ccc(C2=NCC3(CCCCC3)O2)cc1C(=O)O. The van der Waals surface area contributed by atoms with Crippen LogP contribution in [-0.2, 0) is 4.74 Å². The molecule has 2 aliphatic rings. The van der Waals surface area contributed by atoms with Crippen LogP contribution in [0.2, 0.25) is 0 Å². The van der Waals surface area contributed by atoms with E-state index in [4.69, 9.17) is 9.47 Å². The monoisotopic (exact) mass is 289 g/mol. The van der Waals surface area contributed by atoms with Crippen LogP contribution in [0, 0.1) is 0 Å². The van der Waals surface area contributed by atoms with E-state index in [1.54, 1.807) is 18.2 Å². The number of rotatable bonds is 3. The van der Waals surface area contributed by atoms with Crippen LogP contribution in [0.15, 0.2) is 23.2 Å². The molecule has 1 aromatic rings. The minimum Gasteiger partial charge on any atom is -0.496 e. The van der Waals surface area contributed by atoms with E-state index < -0.39 is 5.97 Å². The zero-order chi connectivity index (χ0) is 14.9. The van der Waals surface area contributed by atoms with E-state index in [-0.39, 0.29) is 11.2 Å². The summed E-state index contributed by atoms with van der Waals surface area (Å²) in [5, 5.41) is 9.25. The van der Waals surface area contributed by atoms with Gasteiger partial charge in [-0.15, -0.1) is 0 Å². The van der Waals surface area contributed by atoms with Gasteiger partial charge in [0.15, 0.2) is 0 Å². The molecule has 1 N–H and O–H groups in total. The number of methoxy groups -OCH3 is 1. The third-order valence-electron chi connectivity index (χ3n) is 4.27. The molecule has 3 rings (SSSR count). The Hall–Kier alpha value is -2.04. The maximum Gasteiger partial charge on any atom is 0.339 e. The Balaban J connectivity index is 1.85. The molecule has 0 saturated heterocycles. The molecule has 1 aliphatic carbocycles. The van der Waals surface area contributed by atoms with Crippen LogP contribution in [-0.4, -0.2) is 36.2 Å². The Morgan fingerprint density at radius 2 is 2.10 bits per heavy atom. The summed E-state index contributed by atoms with van der Waals surface area (Å²) < 4.78 is 11.2. The molecule has 0 aromatic heterocycles. The maximum atomic E-state index is 11.3. The molecule has 1 spiro atoms. The Kier molecular flexibility index (Phi) is 3.57. The third kappa shape index (κ3) is 2.60.